The second-order valence-electron chi connectivity index (χ2n) is 10.0. The second kappa shape index (κ2) is 15.8. The normalized spacial score (nSPS) is 14.3. The Bertz CT molecular complexity index is 1200. The number of nitrogens with one attached hydrogen (secondary N) is 1. The van der Waals surface area contributed by atoms with Crippen molar-refractivity contribution in [3.63, 3.8) is 0 Å². The van der Waals surface area contributed by atoms with Crippen molar-refractivity contribution in [2.24, 2.45) is 0 Å². The monoisotopic (exact) mass is 542 g/mol. The van der Waals surface area contributed by atoms with Crippen LogP contribution in [0.1, 0.15) is 49.8 Å². The summed E-state index contributed by atoms with van der Waals surface area (Å²) in [4.78, 5) is 14.5. The zero-order valence-corrected chi connectivity index (χ0v) is 23.9. The fourth-order valence-electron chi connectivity index (χ4n) is 4.84. The van der Waals surface area contributed by atoms with E-state index in [4.69, 9.17) is 14.2 Å². The van der Waals surface area contributed by atoms with Gasteiger partial charge in [0.05, 0.1) is 13.2 Å². The first-order chi connectivity index (χ1) is 19.7. The molecule has 1 saturated heterocycles. The number of carbonyl (C=O) groups excluding carboxylic acids is 1. The molecule has 1 heterocycles. The number of rotatable bonds is 13. The smallest absolute Gasteiger partial charge is 0.412 e. The van der Waals surface area contributed by atoms with E-state index >= 15 is 0 Å². The molecule has 0 aliphatic carbocycles. The minimum absolute atomic E-state index is 0.417. The lowest BCUT2D eigenvalue weighted by atomic mass is 9.88. The highest BCUT2D eigenvalue weighted by molar-refractivity contribution is 5.83. The molecule has 0 radical (unpaired) electrons. The van der Waals surface area contributed by atoms with E-state index in [1.165, 1.54) is 16.7 Å². The molecule has 1 fully saturated rings. The van der Waals surface area contributed by atoms with E-state index in [1.807, 2.05) is 24.3 Å². The number of morpholine rings is 1. The van der Waals surface area contributed by atoms with Gasteiger partial charge in [0.15, 0.2) is 0 Å². The molecule has 4 rings (SSSR count). The summed E-state index contributed by atoms with van der Waals surface area (Å²) < 4.78 is 17.0. The predicted molar refractivity (Wildman–Crippen MR) is 161 cm³/mol. The van der Waals surface area contributed by atoms with Crippen LogP contribution in [0, 0.1) is 0 Å². The molecule has 3 aromatic carbocycles. The van der Waals surface area contributed by atoms with Gasteiger partial charge in [-0.15, -0.1) is 0 Å². The van der Waals surface area contributed by atoms with Crippen molar-refractivity contribution in [3.8, 4) is 11.5 Å². The quantitative estimate of drug-likeness (QED) is 0.242. The zero-order valence-electron chi connectivity index (χ0n) is 23.9. The number of allylic oxidation sites excluding steroid dienone is 1. The highest BCUT2D eigenvalue weighted by atomic mass is 16.6. The van der Waals surface area contributed by atoms with Crippen molar-refractivity contribution in [3.05, 3.63) is 101 Å². The minimum atomic E-state index is -0.417. The largest absolute Gasteiger partial charge is 0.492 e. The van der Waals surface area contributed by atoms with Crippen LogP contribution in [0.4, 0.5) is 4.79 Å². The van der Waals surface area contributed by atoms with E-state index in [1.54, 1.807) is 0 Å². The fourth-order valence-corrected chi connectivity index (χ4v) is 4.84. The molecular formula is C34H42N2O4. The van der Waals surface area contributed by atoms with Crippen molar-refractivity contribution in [1.82, 2.24) is 10.2 Å². The maximum Gasteiger partial charge on any atom is 0.412 e. The third kappa shape index (κ3) is 8.97. The molecule has 6 nitrogen and oxygen atoms in total. The number of carbonyl (C=O) groups is 1. The molecule has 0 atom stereocenters. The Labute approximate surface area is 239 Å². The summed E-state index contributed by atoms with van der Waals surface area (Å²) in [7, 11) is 0. The maximum atomic E-state index is 12.1. The van der Waals surface area contributed by atoms with Crippen LogP contribution in [0.5, 0.6) is 11.5 Å². The summed E-state index contributed by atoms with van der Waals surface area (Å²) in [5.74, 6) is 1.40. The summed E-state index contributed by atoms with van der Waals surface area (Å²) in [5.41, 5.74) is 6.05. The molecule has 0 unspecified atom stereocenters. The van der Waals surface area contributed by atoms with Gasteiger partial charge in [-0.1, -0.05) is 80.4 Å². The van der Waals surface area contributed by atoms with E-state index in [-0.39, 0.29) is 0 Å². The Hall–Kier alpha value is -3.61. The van der Waals surface area contributed by atoms with Crippen LogP contribution >= 0.6 is 0 Å². The van der Waals surface area contributed by atoms with Gasteiger partial charge in [0, 0.05) is 26.2 Å². The van der Waals surface area contributed by atoms with Crippen LogP contribution in [0.3, 0.4) is 0 Å². The minimum Gasteiger partial charge on any atom is -0.492 e. The van der Waals surface area contributed by atoms with Crippen molar-refractivity contribution < 1.29 is 19.0 Å². The summed E-state index contributed by atoms with van der Waals surface area (Å²) >= 11 is 0. The van der Waals surface area contributed by atoms with Crippen molar-refractivity contribution in [2.75, 3.05) is 46.0 Å². The molecule has 0 spiro atoms. The molecule has 1 aliphatic heterocycles. The van der Waals surface area contributed by atoms with Gasteiger partial charge in [-0.25, -0.2) is 4.79 Å². The average Bonchev–Trinajstić information content (AvgIpc) is 2.99. The van der Waals surface area contributed by atoms with Crippen molar-refractivity contribution in [1.29, 1.82) is 0 Å². The van der Waals surface area contributed by atoms with E-state index in [9.17, 15) is 4.79 Å². The average molecular weight is 543 g/mol. The first-order valence-corrected chi connectivity index (χ1v) is 14.5. The molecule has 1 aliphatic rings. The lowest BCUT2D eigenvalue weighted by molar-refractivity contribution is 0.0322. The molecule has 212 valence electrons. The Kier molecular flexibility index (Phi) is 11.6. The summed E-state index contributed by atoms with van der Waals surface area (Å²) in [6.45, 7) is 9.99. The number of amides is 1. The van der Waals surface area contributed by atoms with Gasteiger partial charge in [-0.05, 0) is 65.8 Å². The molecule has 0 saturated carbocycles. The van der Waals surface area contributed by atoms with Gasteiger partial charge in [0.2, 0.25) is 0 Å². The Morgan fingerprint density at radius 3 is 2.15 bits per heavy atom. The summed E-state index contributed by atoms with van der Waals surface area (Å²) in [6.07, 6.45) is 3.32. The lowest BCUT2D eigenvalue weighted by Gasteiger charge is -2.26. The number of hydrogen-bond acceptors (Lipinski definition) is 5. The Balaban J connectivity index is 1.52. The van der Waals surface area contributed by atoms with Crippen LogP contribution in [0.15, 0.2) is 84.4 Å². The van der Waals surface area contributed by atoms with Gasteiger partial charge in [0.25, 0.3) is 0 Å². The first-order valence-electron chi connectivity index (χ1n) is 14.5. The molecular weight excluding hydrogens is 500 g/mol. The maximum absolute atomic E-state index is 12.1. The third-order valence-electron chi connectivity index (χ3n) is 7.12. The predicted octanol–water partition coefficient (Wildman–Crippen LogP) is 6.74. The van der Waals surface area contributed by atoms with Gasteiger partial charge in [-0.3, -0.25) is 4.90 Å². The highest BCUT2D eigenvalue weighted by Crippen LogP contribution is 2.32. The highest BCUT2D eigenvalue weighted by Gasteiger charge is 2.14. The van der Waals surface area contributed by atoms with Gasteiger partial charge < -0.3 is 19.5 Å². The molecule has 6 heteroatoms. The van der Waals surface area contributed by atoms with Crippen LogP contribution in [-0.4, -0.2) is 57.0 Å². The lowest BCUT2D eigenvalue weighted by Crippen LogP contribution is -2.38. The number of nitrogens with zero attached hydrogens (tertiary/aromatic N) is 1. The zero-order chi connectivity index (χ0) is 28.0. The van der Waals surface area contributed by atoms with Crippen LogP contribution < -0.4 is 14.8 Å². The van der Waals surface area contributed by atoms with Gasteiger partial charge in [-0.2, -0.15) is 0 Å². The molecule has 40 heavy (non-hydrogen) atoms. The van der Waals surface area contributed by atoms with Crippen LogP contribution in [0.2, 0.25) is 0 Å². The number of hydrogen-bond donors (Lipinski definition) is 1. The fraction of sp³-hybridized carbons (Fsp3) is 0.382. The topological polar surface area (TPSA) is 60.0 Å². The van der Waals surface area contributed by atoms with E-state index in [2.05, 4.69) is 78.7 Å². The summed E-state index contributed by atoms with van der Waals surface area (Å²) in [5, 5.41) is 2.80. The van der Waals surface area contributed by atoms with Crippen LogP contribution in [0.25, 0.3) is 5.57 Å². The van der Waals surface area contributed by atoms with Crippen LogP contribution in [-0.2, 0) is 11.2 Å². The molecule has 1 amide bonds. The standard InChI is InChI=1S/C34H42N2O4/c1-3-5-19-35-34(37)40-32-17-13-30(14-18-32)33(28(4-2)26-27-9-7-6-8-10-27)29-11-15-31(16-12-29)39-25-22-36-20-23-38-24-21-36/h6-18H,3-5,19-26H2,1-2H3,(H,35,37)/b33-28-. The summed E-state index contributed by atoms with van der Waals surface area (Å²) in [6, 6.07) is 26.8. The number of unbranched alkanes of at least 4 members (excludes halogenated alkanes) is 1. The number of benzene rings is 3. The number of ether oxygens (including phenoxy) is 3. The van der Waals surface area contributed by atoms with Crippen molar-refractivity contribution in [2.45, 2.75) is 39.5 Å². The third-order valence-corrected chi connectivity index (χ3v) is 7.12. The first kappa shape index (κ1) is 29.4. The van der Waals surface area contributed by atoms with E-state index < -0.39 is 6.09 Å². The van der Waals surface area contributed by atoms with Gasteiger partial charge in [0.1, 0.15) is 18.1 Å². The Morgan fingerprint density at radius 1 is 0.875 bits per heavy atom. The molecule has 0 aromatic heterocycles. The Morgan fingerprint density at radius 2 is 1.52 bits per heavy atom. The second-order valence-corrected chi connectivity index (χ2v) is 10.0. The van der Waals surface area contributed by atoms with Crippen molar-refractivity contribution >= 4 is 11.7 Å². The molecule has 3 aromatic rings. The van der Waals surface area contributed by atoms with E-state index in [0.717, 1.165) is 75.4 Å². The SMILES string of the molecule is CCCCNC(=O)Oc1ccc(/C(=C(/CC)Cc2ccccc2)c2ccc(OCCN3CCOCC3)cc2)cc1. The molecule has 1 N–H and O–H groups in total. The van der Waals surface area contributed by atoms with Gasteiger partial charge >= 0.3 is 6.09 Å². The molecule has 0 bridgehead atoms. The van der Waals surface area contributed by atoms with E-state index in [0.29, 0.717) is 18.9 Å².